The lowest BCUT2D eigenvalue weighted by atomic mass is 10.0. The van der Waals surface area contributed by atoms with Crippen molar-refractivity contribution < 1.29 is 27.9 Å². The second kappa shape index (κ2) is 4.30. The van der Waals surface area contributed by atoms with Crippen LogP contribution in [0, 0.1) is 5.92 Å². The molecule has 0 radical (unpaired) electrons. The Hall–Kier alpha value is -1.27. The van der Waals surface area contributed by atoms with E-state index in [1.165, 1.54) is 0 Å². The molecule has 2 N–H and O–H groups in total. The average Bonchev–Trinajstić information content (AvgIpc) is 1.96. The molecule has 0 saturated carbocycles. The summed E-state index contributed by atoms with van der Waals surface area (Å²) in [5.74, 6) is -4.64. The number of alkyl halides is 3. The molecule has 0 saturated heterocycles. The van der Waals surface area contributed by atoms with Gasteiger partial charge in [-0.15, -0.1) is 0 Å². The first-order valence-electron chi connectivity index (χ1n) is 3.73. The summed E-state index contributed by atoms with van der Waals surface area (Å²) in [6.07, 6.45) is -4.65. The predicted molar refractivity (Wildman–Crippen MR) is 40.5 cm³/mol. The molecule has 7 heteroatoms. The van der Waals surface area contributed by atoms with E-state index in [0.29, 0.717) is 6.92 Å². The summed E-state index contributed by atoms with van der Waals surface area (Å²) in [6.45, 7) is 1.66. The fourth-order valence-corrected chi connectivity index (χ4v) is 0.809. The molecule has 0 aliphatic rings. The van der Waals surface area contributed by atoms with Crippen molar-refractivity contribution in [3.63, 3.8) is 0 Å². The van der Waals surface area contributed by atoms with Gasteiger partial charge in [0.05, 0.1) is 5.92 Å². The zero-order chi connectivity index (χ0) is 11.5. The summed E-state index contributed by atoms with van der Waals surface area (Å²) in [6, 6.07) is -1.94. The highest BCUT2D eigenvalue weighted by molar-refractivity contribution is 5.82. The molecule has 0 fully saturated rings. The lowest BCUT2D eigenvalue weighted by Gasteiger charge is -2.22. The minimum atomic E-state index is -4.65. The lowest BCUT2D eigenvalue weighted by Crippen LogP contribution is -2.48. The number of hydrogen-bond donors (Lipinski definition) is 2. The van der Waals surface area contributed by atoms with Crippen molar-refractivity contribution in [3.8, 4) is 0 Å². The molecule has 82 valence electrons. The van der Waals surface area contributed by atoms with Gasteiger partial charge >= 0.3 is 12.1 Å². The van der Waals surface area contributed by atoms with Crippen LogP contribution in [0.3, 0.4) is 0 Å². The number of carboxylic acids is 1. The minimum Gasteiger partial charge on any atom is -0.480 e. The maximum absolute atomic E-state index is 12.1. The van der Waals surface area contributed by atoms with Crippen molar-refractivity contribution in [1.82, 2.24) is 5.32 Å². The maximum Gasteiger partial charge on any atom is 0.394 e. The predicted octanol–water partition coefficient (Wildman–Crippen LogP) is 0.774. The quantitative estimate of drug-likeness (QED) is 0.727. The normalized spacial score (nSPS) is 15.8. The topological polar surface area (TPSA) is 66.4 Å². The van der Waals surface area contributed by atoms with E-state index in [2.05, 4.69) is 0 Å². The number of carbonyl (C=O) groups is 2. The Morgan fingerprint density at radius 1 is 1.36 bits per heavy atom. The van der Waals surface area contributed by atoms with E-state index in [4.69, 9.17) is 5.11 Å². The Morgan fingerprint density at radius 3 is 2.00 bits per heavy atom. The van der Waals surface area contributed by atoms with E-state index < -0.39 is 30.0 Å². The van der Waals surface area contributed by atoms with E-state index in [1.54, 1.807) is 5.32 Å². The number of aliphatic carboxylic acids is 1. The molecule has 2 atom stereocenters. The van der Waals surface area contributed by atoms with E-state index in [-0.39, 0.29) is 0 Å². The van der Waals surface area contributed by atoms with Gasteiger partial charge in [-0.3, -0.25) is 4.79 Å². The molecule has 0 aliphatic heterocycles. The zero-order valence-corrected chi connectivity index (χ0v) is 7.55. The van der Waals surface area contributed by atoms with E-state index >= 15 is 0 Å². The summed E-state index contributed by atoms with van der Waals surface area (Å²) in [7, 11) is 0. The van der Waals surface area contributed by atoms with Gasteiger partial charge in [0, 0.05) is 6.92 Å². The second-order valence-corrected chi connectivity index (χ2v) is 2.85. The molecule has 0 aromatic heterocycles. The van der Waals surface area contributed by atoms with E-state index in [1.807, 2.05) is 0 Å². The Kier molecular flexibility index (Phi) is 3.91. The van der Waals surface area contributed by atoms with Gasteiger partial charge in [-0.25, -0.2) is 4.79 Å². The average molecular weight is 213 g/mol. The van der Waals surface area contributed by atoms with Crippen LogP contribution in [0.25, 0.3) is 0 Å². The van der Waals surface area contributed by atoms with Gasteiger partial charge in [0.15, 0.2) is 0 Å². The molecule has 0 bridgehead atoms. The molecule has 4 nitrogen and oxygen atoms in total. The summed E-state index contributed by atoms with van der Waals surface area (Å²) < 4.78 is 36.3. The van der Waals surface area contributed by atoms with Gasteiger partial charge in [-0.05, 0) is 0 Å². The van der Waals surface area contributed by atoms with Crippen molar-refractivity contribution in [3.05, 3.63) is 0 Å². The van der Waals surface area contributed by atoms with Gasteiger partial charge in [0.2, 0.25) is 5.91 Å². The SMILES string of the molecule is CC(=O)NC(C(=O)O)C(C)C(F)(F)F. The number of amides is 1. The van der Waals surface area contributed by atoms with Crippen molar-refractivity contribution >= 4 is 11.9 Å². The molecule has 14 heavy (non-hydrogen) atoms. The highest BCUT2D eigenvalue weighted by atomic mass is 19.4. The maximum atomic E-state index is 12.1. The number of nitrogens with one attached hydrogen (secondary N) is 1. The van der Waals surface area contributed by atoms with Crippen LogP contribution in [0.1, 0.15) is 13.8 Å². The molecular formula is C7H10F3NO3. The third kappa shape index (κ3) is 3.63. The Morgan fingerprint density at radius 2 is 1.79 bits per heavy atom. The summed E-state index contributed by atoms with van der Waals surface area (Å²) in [5, 5.41) is 10.2. The standard InChI is InChI=1S/C7H10F3NO3/c1-3(7(8,9)10)5(6(13)14)11-4(2)12/h3,5H,1-2H3,(H,11,12)(H,13,14). The largest absolute Gasteiger partial charge is 0.480 e. The molecule has 0 aliphatic carbocycles. The van der Waals surface area contributed by atoms with Gasteiger partial charge in [-0.1, -0.05) is 6.92 Å². The van der Waals surface area contributed by atoms with Gasteiger partial charge in [0.25, 0.3) is 0 Å². The number of carboxylic acid groups (broad SMARTS) is 1. The number of carbonyl (C=O) groups excluding carboxylic acids is 1. The molecule has 1 amide bonds. The number of hydrogen-bond acceptors (Lipinski definition) is 2. The van der Waals surface area contributed by atoms with Crippen LogP contribution in [0.4, 0.5) is 13.2 Å². The van der Waals surface area contributed by atoms with E-state index in [9.17, 15) is 22.8 Å². The Bertz CT molecular complexity index is 239. The highest BCUT2D eigenvalue weighted by Gasteiger charge is 2.44. The van der Waals surface area contributed by atoms with Crippen LogP contribution in [-0.2, 0) is 9.59 Å². The summed E-state index contributed by atoms with van der Waals surface area (Å²) in [5.41, 5.74) is 0. The number of rotatable bonds is 3. The first kappa shape index (κ1) is 12.7. The fourth-order valence-electron chi connectivity index (χ4n) is 0.809. The van der Waals surface area contributed by atoms with Crippen LogP contribution >= 0.6 is 0 Å². The molecule has 0 spiro atoms. The fraction of sp³-hybridized carbons (Fsp3) is 0.714. The smallest absolute Gasteiger partial charge is 0.394 e. The van der Waals surface area contributed by atoms with Gasteiger partial charge in [-0.2, -0.15) is 13.2 Å². The molecule has 0 heterocycles. The molecule has 0 rings (SSSR count). The molecular weight excluding hydrogens is 203 g/mol. The van der Waals surface area contributed by atoms with Crippen molar-refractivity contribution in [2.24, 2.45) is 5.92 Å². The summed E-state index contributed by atoms with van der Waals surface area (Å²) in [4.78, 5) is 20.9. The molecule has 0 aromatic carbocycles. The third-order valence-electron chi connectivity index (χ3n) is 1.64. The van der Waals surface area contributed by atoms with Crippen LogP contribution in [-0.4, -0.2) is 29.2 Å². The molecule has 0 aromatic rings. The van der Waals surface area contributed by atoms with Crippen molar-refractivity contribution in [2.45, 2.75) is 26.1 Å². The first-order valence-corrected chi connectivity index (χ1v) is 3.73. The monoisotopic (exact) mass is 213 g/mol. The lowest BCUT2D eigenvalue weighted by molar-refractivity contribution is -0.185. The minimum absolute atomic E-state index is 0.703. The van der Waals surface area contributed by atoms with Gasteiger partial charge < -0.3 is 10.4 Å². The number of halogens is 3. The highest BCUT2D eigenvalue weighted by Crippen LogP contribution is 2.28. The first-order chi connectivity index (χ1) is 6.16. The summed E-state index contributed by atoms with van der Waals surface area (Å²) >= 11 is 0. The Balaban J connectivity index is 4.66. The Labute approximate surface area is 78.1 Å². The van der Waals surface area contributed by atoms with E-state index in [0.717, 1.165) is 6.92 Å². The third-order valence-corrected chi connectivity index (χ3v) is 1.64. The van der Waals surface area contributed by atoms with Crippen molar-refractivity contribution in [2.75, 3.05) is 0 Å². The van der Waals surface area contributed by atoms with Crippen LogP contribution in [0.5, 0.6) is 0 Å². The second-order valence-electron chi connectivity index (χ2n) is 2.85. The van der Waals surface area contributed by atoms with Crippen LogP contribution < -0.4 is 5.32 Å². The van der Waals surface area contributed by atoms with Crippen LogP contribution in [0.15, 0.2) is 0 Å². The van der Waals surface area contributed by atoms with Crippen LogP contribution in [0.2, 0.25) is 0 Å². The molecule has 2 unspecified atom stereocenters. The van der Waals surface area contributed by atoms with Gasteiger partial charge in [0.1, 0.15) is 6.04 Å². The zero-order valence-electron chi connectivity index (χ0n) is 7.55. The van der Waals surface area contributed by atoms with Crippen molar-refractivity contribution in [1.29, 1.82) is 0 Å².